The van der Waals surface area contributed by atoms with E-state index in [9.17, 15) is 9.36 Å². The van der Waals surface area contributed by atoms with Gasteiger partial charge in [0.2, 0.25) is 0 Å². The van der Waals surface area contributed by atoms with E-state index < -0.39 is 7.14 Å². The van der Waals surface area contributed by atoms with Gasteiger partial charge in [-0.2, -0.15) is 5.10 Å². The largest absolute Gasteiger partial charge is 0.318 e. The summed E-state index contributed by atoms with van der Waals surface area (Å²) in [5, 5.41) is 6.37. The van der Waals surface area contributed by atoms with Crippen LogP contribution in [0.15, 0.2) is 35.3 Å². The molecule has 0 aliphatic carbocycles. The maximum atomic E-state index is 13.4. The van der Waals surface area contributed by atoms with Crippen LogP contribution in [0.1, 0.15) is 25.3 Å². The molecule has 1 aromatic carbocycles. The second-order valence-corrected chi connectivity index (χ2v) is 8.87. The summed E-state index contributed by atoms with van der Waals surface area (Å²) in [4.78, 5) is 12.3. The number of hydrogen-bond acceptors (Lipinski definition) is 3. The second-order valence-electron chi connectivity index (χ2n) is 5.92. The number of allylic oxidation sites excluding steroid dienone is 2. The molecule has 0 bridgehead atoms. The van der Waals surface area contributed by atoms with E-state index in [0.29, 0.717) is 17.7 Å². The van der Waals surface area contributed by atoms with Gasteiger partial charge < -0.3 is 4.57 Å². The van der Waals surface area contributed by atoms with Crippen molar-refractivity contribution in [3.8, 4) is 0 Å². The SMILES string of the molecule is CC(C)c1ccc2c(=O)n(C)ncc2c1P1(=O)CC=CC1. The van der Waals surface area contributed by atoms with E-state index >= 15 is 0 Å². The Balaban J connectivity index is 2.43. The van der Waals surface area contributed by atoms with Gasteiger partial charge in [-0.15, -0.1) is 0 Å². The molecule has 0 radical (unpaired) electrons. The molecule has 3 rings (SSSR count). The van der Waals surface area contributed by atoms with Gasteiger partial charge in [-0.1, -0.05) is 32.1 Å². The highest BCUT2D eigenvalue weighted by atomic mass is 31.2. The van der Waals surface area contributed by atoms with Crippen LogP contribution >= 0.6 is 7.14 Å². The Morgan fingerprint density at radius 2 is 1.86 bits per heavy atom. The number of benzene rings is 1. The highest BCUT2D eigenvalue weighted by Gasteiger charge is 2.31. The summed E-state index contributed by atoms with van der Waals surface area (Å²) in [6, 6.07) is 3.80. The van der Waals surface area contributed by atoms with Gasteiger partial charge in [0.05, 0.1) is 11.6 Å². The van der Waals surface area contributed by atoms with Crippen molar-refractivity contribution in [2.75, 3.05) is 12.3 Å². The van der Waals surface area contributed by atoms with Crippen molar-refractivity contribution in [2.45, 2.75) is 19.8 Å². The van der Waals surface area contributed by atoms with Crippen LogP contribution in [0.5, 0.6) is 0 Å². The van der Waals surface area contributed by atoms with Crippen molar-refractivity contribution in [1.29, 1.82) is 0 Å². The molecule has 1 aliphatic heterocycles. The van der Waals surface area contributed by atoms with Gasteiger partial charge >= 0.3 is 0 Å². The van der Waals surface area contributed by atoms with Gasteiger partial charge in [0.15, 0.2) is 0 Å². The molecule has 1 aromatic heterocycles. The Morgan fingerprint density at radius 1 is 1.19 bits per heavy atom. The predicted octanol–water partition coefficient (Wildman–Crippen LogP) is 2.62. The minimum Gasteiger partial charge on any atom is -0.318 e. The van der Waals surface area contributed by atoms with Gasteiger partial charge in [0.25, 0.3) is 5.56 Å². The average Bonchev–Trinajstić information content (AvgIpc) is 2.89. The first-order chi connectivity index (χ1) is 9.94. The Morgan fingerprint density at radius 3 is 2.48 bits per heavy atom. The van der Waals surface area contributed by atoms with Crippen molar-refractivity contribution in [3.05, 3.63) is 46.4 Å². The minimum absolute atomic E-state index is 0.136. The van der Waals surface area contributed by atoms with Crippen molar-refractivity contribution in [2.24, 2.45) is 7.05 Å². The molecule has 0 unspecified atom stereocenters. The van der Waals surface area contributed by atoms with Crippen LogP contribution in [0.3, 0.4) is 0 Å². The third-order valence-electron chi connectivity index (χ3n) is 4.13. The minimum atomic E-state index is -2.49. The fourth-order valence-electron chi connectivity index (χ4n) is 2.98. The molecule has 0 atom stereocenters. The fraction of sp³-hybridized carbons (Fsp3) is 0.375. The van der Waals surface area contributed by atoms with Crippen LogP contribution in [0.4, 0.5) is 0 Å². The van der Waals surface area contributed by atoms with Crippen molar-refractivity contribution < 1.29 is 4.57 Å². The maximum absolute atomic E-state index is 13.4. The first-order valence-corrected chi connectivity index (χ1v) is 9.24. The third kappa shape index (κ3) is 2.18. The van der Waals surface area contributed by atoms with Crippen molar-refractivity contribution >= 4 is 23.2 Å². The van der Waals surface area contributed by atoms with E-state index in [2.05, 4.69) is 18.9 Å². The molecule has 1 aliphatic rings. The molecule has 0 saturated carbocycles. The highest BCUT2D eigenvalue weighted by Crippen LogP contribution is 2.50. The number of rotatable bonds is 2. The fourth-order valence-corrected chi connectivity index (χ4v) is 5.89. The molecule has 4 nitrogen and oxygen atoms in total. The average molecular weight is 302 g/mol. The first kappa shape index (κ1) is 14.3. The standard InChI is InChI=1S/C16H19N2O2P/c1-11(2)12-6-7-13-14(10-17-18(3)16(13)19)15(12)21(20)8-4-5-9-21/h4-7,10-11H,8-9H2,1-3H3. The molecule has 5 heteroatoms. The zero-order valence-corrected chi connectivity index (χ0v) is 13.4. The highest BCUT2D eigenvalue weighted by molar-refractivity contribution is 7.72. The Bertz CT molecular complexity index is 837. The summed E-state index contributed by atoms with van der Waals surface area (Å²) in [5.74, 6) is 0.264. The number of fused-ring (bicyclic) bond motifs is 1. The maximum Gasteiger partial charge on any atom is 0.274 e. The number of aryl methyl sites for hydroxylation is 1. The van der Waals surface area contributed by atoms with E-state index in [1.807, 2.05) is 24.3 Å². The summed E-state index contributed by atoms with van der Waals surface area (Å²) in [6.45, 7) is 4.18. The van der Waals surface area contributed by atoms with Gasteiger partial charge in [-0.25, -0.2) is 4.68 Å². The van der Waals surface area contributed by atoms with Gasteiger partial charge in [-0.3, -0.25) is 4.79 Å². The molecule has 2 aromatic rings. The van der Waals surface area contributed by atoms with Crippen molar-refractivity contribution in [3.63, 3.8) is 0 Å². The quantitative estimate of drug-likeness (QED) is 0.633. The molecule has 110 valence electrons. The first-order valence-electron chi connectivity index (χ1n) is 7.16. The summed E-state index contributed by atoms with van der Waals surface area (Å²) >= 11 is 0. The van der Waals surface area contributed by atoms with Gasteiger partial charge in [-0.05, 0) is 17.5 Å². The predicted molar refractivity (Wildman–Crippen MR) is 87.2 cm³/mol. The molecule has 21 heavy (non-hydrogen) atoms. The van der Waals surface area contributed by atoms with Crippen LogP contribution in [-0.4, -0.2) is 22.1 Å². The third-order valence-corrected chi connectivity index (χ3v) is 7.04. The zero-order valence-electron chi connectivity index (χ0n) is 12.5. The summed E-state index contributed by atoms with van der Waals surface area (Å²) in [6.07, 6.45) is 6.83. The second kappa shape index (κ2) is 4.96. The molecule has 0 spiro atoms. The molecule has 0 fully saturated rings. The molecule has 0 amide bonds. The lowest BCUT2D eigenvalue weighted by atomic mass is 10.0. The lowest BCUT2D eigenvalue weighted by Crippen LogP contribution is -2.24. The van der Waals surface area contributed by atoms with E-state index in [1.54, 1.807) is 13.2 Å². The molecule has 0 saturated heterocycles. The normalized spacial score (nSPS) is 17.0. The lowest BCUT2D eigenvalue weighted by Gasteiger charge is -2.21. The van der Waals surface area contributed by atoms with Crippen LogP contribution in [0, 0.1) is 0 Å². The lowest BCUT2D eigenvalue weighted by molar-refractivity contribution is 0.585. The summed E-state index contributed by atoms with van der Waals surface area (Å²) in [7, 11) is -0.858. The van der Waals surface area contributed by atoms with Gasteiger partial charge in [0.1, 0.15) is 7.14 Å². The van der Waals surface area contributed by atoms with E-state index in [1.165, 1.54) is 4.68 Å². The van der Waals surface area contributed by atoms with Gasteiger partial charge in [0, 0.05) is 30.1 Å². The van der Waals surface area contributed by atoms with E-state index in [-0.39, 0.29) is 11.5 Å². The molecule has 2 heterocycles. The van der Waals surface area contributed by atoms with E-state index in [4.69, 9.17) is 0 Å². The molecular formula is C16H19N2O2P. The summed E-state index contributed by atoms with van der Waals surface area (Å²) in [5.41, 5.74) is 0.937. The summed E-state index contributed by atoms with van der Waals surface area (Å²) < 4.78 is 14.7. The number of hydrogen-bond donors (Lipinski definition) is 0. The van der Waals surface area contributed by atoms with Crippen LogP contribution in [0.2, 0.25) is 0 Å². The monoisotopic (exact) mass is 302 g/mol. The number of nitrogens with zero attached hydrogens (tertiary/aromatic N) is 2. The topological polar surface area (TPSA) is 52.0 Å². The van der Waals surface area contributed by atoms with Crippen molar-refractivity contribution in [1.82, 2.24) is 9.78 Å². The smallest absolute Gasteiger partial charge is 0.274 e. The Kier molecular flexibility index (Phi) is 3.37. The molecular weight excluding hydrogens is 283 g/mol. The van der Waals surface area contributed by atoms with Crippen LogP contribution in [0.25, 0.3) is 10.8 Å². The van der Waals surface area contributed by atoms with Crippen LogP contribution in [-0.2, 0) is 11.6 Å². The Hall–Kier alpha value is -1.67. The number of aromatic nitrogens is 2. The zero-order chi connectivity index (χ0) is 15.2. The van der Waals surface area contributed by atoms with E-state index in [0.717, 1.165) is 16.3 Å². The molecule has 0 N–H and O–H groups in total. The van der Waals surface area contributed by atoms with Crippen LogP contribution < -0.4 is 10.9 Å². The Labute approximate surface area is 123 Å².